The second-order valence-electron chi connectivity index (χ2n) is 9.24. The first-order chi connectivity index (χ1) is 17.8. The van der Waals surface area contributed by atoms with Crippen molar-refractivity contribution in [2.45, 2.75) is 57.8 Å². The number of carbonyl (C=O) groups is 1. The van der Waals surface area contributed by atoms with Crippen LogP contribution in [0.3, 0.4) is 0 Å². The smallest absolute Gasteiger partial charge is 0.342 e. The molecule has 3 aromatic rings. The molecule has 0 N–H and O–H groups in total. The molecule has 1 saturated carbocycles. The number of halogens is 2. The van der Waals surface area contributed by atoms with E-state index in [9.17, 15) is 4.79 Å². The minimum Gasteiger partial charge on any atom is -0.489 e. The topological polar surface area (TPSA) is 54.0 Å². The number of benzene rings is 3. The molecule has 0 saturated heterocycles. The second kappa shape index (κ2) is 12.8. The predicted molar refractivity (Wildman–Crippen MR) is 164 cm³/mol. The molecule has 1 fully saturated rings. The Balaban J connectivity index is 1.35. The summed E-state index contributed by atoms with van der Waals surface area (Å²) in [5, 5.41) is 2.21. The standard InChI is InChI=1S/C30H32I2O5/c1-4-21-9-8-10-22-17-24(11-12-25(21)22)36-20(3)34-15-16-35-28-26(18-23(31)19-27(28)32)29(33)37-30(5-2)13-6-7-14-30/h4,8-12,17-20H,1,5-7,13-16H2,2-3H3. The molecule has 4 rings (SSSR count). The van der Waals surface area contributed by atoms with Crippen molar-refractivity contribution in [2.24, 2.45) is 0 Å². The molecule has 0 aliphatic heterocycles. The summed E-state index contributed by atoms with van der Waals surface area (Å²) in [5.74, 6) is 0.958. The molecule has 5 nitrogen and oxygen atoms in total. The van der Waals surface area contributed by atoms with Crippen molar-refractivity contribution in [3.63, 3.8) is 0 Å². The van der Waals surface area contributed by atoms with Crippen LogP contribution in [0.5, 0.6) is 11.5 Å². The highest BCUT2D eigenvalue weighted by Crippen LogP contribution is 2.38. The molecule has 1 aliphatic carbocycles. The maximum absolute atomic E-state index is 13.2. The maximum atomic E-state index is 13.2. The van der Waals surface area contributed by atoms with Crippen molar-refractivity contribution in [1.29, 1.82) is 0 Å². The fourth-order valence-corrected chi connectivity index (χ4v) is 6.78. The number of carbonyl (C=O) groups excluding carboxylic acids is 1. The van der Waals surface area contributed by atoms with Gasteiger partial charge in [-0.25, -0.2) is 4.79 Å². The Hall–Kier alpha value is -1.85. The van der Waals surface area contributed by atoms with E-state index < -0.39 is 6.29 Å². The van der Waals surface area contributed by atoms with E-state index >= 15 is 0 Å². The van der Waals surface area contributed by atoms with E-state index in [-0.39, 0.29) is 18.2 Å². The number of esters is 1. The van der Waals surface area contributed by atoms with Gasteiger partial charge in [-0.15, -0.1) is 0 Å². The zero-order valence-electron chi connectivity index (χ0n) is 21.2. The van der Waals surface area contributed by atoms with Crippen LogP contribution in [-0.2, 0) is 9.47 Å². The molecule has 0 bridgehead atoms. The molecule has 1 unspecified atom stereocenters. The molecule has 1 atom stereocenters. The average molecular weight is 726 g/mol. The van der Waals surface area contributed by atoms with Gasteiger partial charge in [0.1, 0.15) is 29.3 Å². The molecule has 0 amide bonds. The highest BCUT2D eigenvalue weighted by Gasteiger charge is 2.37. The van der Waals surface area contributed by atoms with Gasteiger partial charge in [-0.2, -0.15) is 0 Å². The summed E-state index contributed by atoms with van der Waals surface area (Å²) in [4.78, 5) is 13.2. The monoisotopic (exact) mass is 726 g/mol. The van der Waals surface area contributed by atoms with Crippen molar-refractivity contribution < 1.29 is 23.7 Å². The van der Waals surface area contributed by atoms with Crippen LogP contribution >= 0.6 is 45.2 Å². The number of hydrogen-bond acceptors (Lipinski definition) is 5. The fraction of sp³-hybridized carbons (Fsp3) is 0.367. The Kier molecular flexibility index (Phi) is 9.74. The zero-order valence-corrected chi connectivity index (χ0v) is 25.5. The number of hydrogen-bond donors (Lipinski definition) is 0. The van der Waals surface area contributed by atoms with Crippen molar-refractivity contribution >= 4 is 68.0 Å². The maximum Gasteiger partial charge on any atom is 0.342 e. The van der Waals surface area contributed by atoms with Crippen LogP contribution in [0.1, 0.15) is 61.9 Å². The van der Waals surface area contributed by atoms with E-state index in [1.54, 1.807) is 0 Å². The van der Waals surface area contributed by atoms with Crippen molar-refractivity contribution in [3.05, 3.63) is 73.4 Å². The van der Waals surface area contributed by atoms with Gasteiger partial charge in [0.05, 0.1) is 10.2 Å². The Morgan fingerprint density at radius 2 is 1.89 bits per heavy atom. The fourth-order valence-electron chi connectivity index (χ4n) is 4.78. The van der Waals surface area contributed by atoms with Crippen LogP contribution < -0.4 is 9.47 Å². The van der Waals surface area contributed by atoms with E-state index in [4.69, 9.17) is 18.9 Å². The number of rotatable bonds is 11. The molecule has 3 aromatic carbocycles. The van der Waals surface area contributed by atoms with Gasteiger partial charge in [-0.3, -0.25) is 0 Å². The first-order valence-electron chi connectivity index (χ1n) is 12.6. The third-order valence-corrected chi connectivity index (χ3v) is 8.21. The third-order valence-electron chi connectivity index (χ3n) is 6.79. The summed E-state index contributed by atoms with van der Waals surface area (Å²) in [6.45, 7) is 8.42. The van der Waals surface area contributed by atoms with E-state index in [0.29, 0.717) is 17.9 Å². The Labute approximate surface area is 246 Å². The van der Waals surface area contributed by atoms with Gasteiger partial charge in [-0.1, -0.05) is 43.8 Å². The molecular formula is C30H32I2O5. The lowest BCUT2D eigenvalue weighted by atomic mass is 9.98. The zero-order chi connectivity index (χ0) is 26.4. The van der Waals surface area contributed by atoms with Crippen LogP contribution in [0.4, 0.5) is 0 Å². The summed E-state index contributed by atoms with van der Waals surface area (Å²) >= 11 is 4.42. The summed E-state index contributed by atoms with van der Waals surface area (Å²) in [6, 6.07) is 15.9. The predicted octanol–water partition coefficient (Wildman–Crippen LogP) is 8.39. The number of ether oxygens (including phenoxy) is 4. The molecule has 1 aliphatic rings. The summed E-state index contributed by atoms with van der Waals surface area (Å²) in [6.07, 6.45) is 6.26. The highest BCUT2D eigenvalue weighted by atomic mass is 127. The van der Waals surface area contributed by atoms with Gasteiger partial charge >= 0.3 is 5.97 Å². The van der Waals surface area contributed by atoms with Crippen LogP contribution in [0.2, 0.25) is 0 Å². The van der Waals surface area contributed by atoms with Gasteiger partial charge < -0.3 is 18.9 Å². The first-order valence-corrected chi connectivity index (χ1v) is 14.8. The highest BCUT2D eigenvalue weighted by molar-refractivity contribution is 14.1. The lowest BCUT2D eigenvalue weighted by molar-refractivity contribution is -0.0740. The van der Waals surface area contributed by atoms with Gasteiger partial charge in [0.15, 0.2) is 6.29 Å². The van der Waals surface area contributed by atoms with Crippen molar-refractivity contribution in [2.75, 3.05) is 13.2 Å². The Morgan fingerprint density at radius 1 is 1.11 bits per heavy atom. The third kappa shape index (κ3) is 6.97. The first kappa shape index (κ1) is 28.2. The van der Waals surface area contributed by atoms with E-state index in [1.165, 1.54) is 0 Å². The average Bonchev–Trinajstić information content (AvgIpc) is 3.35. The van der Waals surface area contributed by atoms with E-state index in [0.717, 1.165) is 61.3 Å². The SMILES string of the molecule is C=Cc1cccc2cc(OC(C)OCCOc3c(I)cc(I)cc3C(=O)OC3(CC)CCCC3)ccc12. The minimum absolute atomic E-state index is 0.282. The molecule has 37 heavy (non-hydrogen) atoms. The molecule has 0 spiro atoms. The van der Waals surface area contributed by atoms with Gasteiger partial charge in [-0.05, 0) is 125 Å². The van der Waals surface area contributed by atoms with Crippen LogP contribution in [-0.4, -0.2) is 31.1 Å². The molecule has 0 radical (unpaired) electrons. The molecule has 196 valence electrons. The largest absolute Gasteiger partial charge is 0.489 e. The van der Waals surface area contributed by atoms with Gasteiger partial charge in [0.25, 0.3) is 0 Å². The molecule has 7 heteroatoms. The minimum atomic E-state index is -0.462. The van der Waals surface area contributed by atoms with Crippen LogP contribution in [0.25, 0.3) is 16.8 Å². The quantitative estimate of drug-likeness (QED) is 0.0861. The van der Waals surface area contributed by atoms with Crippen LogP contribution in [0.15, 0.2) is 55.1 Å². The summed E-state index contributed by atoms with van der Waals surface area (Å²) < 4.78 is 25.8. The van der Waals surface area contributed by atoms with Gasteiger partial charge in [0.2, 0.25) is 0 Å². The second-order valence-corrected chi connectivity index (χ2v) is 11.6. The normalized spacial score (nSPS) is 15.4. The lowest BCUT2D eigenvalue weighted by Crippen LogP contribution is -2.31. The Morgan fingerprint density at radius 3 is 2.62 bits per heavy atom. The molecular weight excluding hydrogens is 694 g/mol. The van der Waals surface area contributed by atoms with Crippen LogP contribution in [0, 0.1) is 7.14 Å². The lowest BCUT2D eigenvalue weighted by Gasteiger charge is -2.28. The molecule has 0 heterocycles. The summed E-state index contributed by atoms with van der Waals surface area (Å²) in [7, 11) is 0. The number of fused-ring (bicyclic) bond motifs is 1. The Bertz CT molecular complexity index is 1270. The van der Waals surface area contributed by atoms with Crippen molar-refractivity contribution in [3.8, 4) is 11.5 Å². The molecule has 0 aromatic heterocycles. The van der Waals surface area contributed by atoms with Crippen molar-refractivity contribution in [1.82, 2.24) is 0 Å². The summed E-state index contributed by atoms with van der Waals surface area (Å²) in [5.41, 5.74) is 1.20. The van der Waals surface area contributed by atoms with E-state index in [2.05, 4.69) is 64.8 Å². The van der Waals surface area contributed by atoms with E-state index in [1.807, 2.05) is 55.5 Å². The van der Waals surface area contributed by atoms with Gasteiger partial charge in [0, 0.05) is 3.57 Å².